The quantitative estimate of drug-likeness (QED) is 0.387. The minimum Gasteiger partial charge on any atom is -0.385 e. The van der Waals surface area contributed by atoms with Gasteiger partial charge in [0.25, 0.3) is 0 Å². The minimum atomic E-state index is 0.125. The van der Waals surface area contributed by atoms with Gasteiger partial charge in [-0.3, -0.25) is 9.79 Å². The van der Waals surface area contributed by atoms with Gasteiger partial charge in [-0.15, -0.1) is 0 Å². The van der Waals surface area contributed by atoms with E-state index >= 15 is 0 Å². The van der Waals surface area contributed by atoms with Gasteiger partial charge in [-0.2, -0.15) is 0 Å². The Kier molecular flexibility index (Phi) is 10.8. The van der Waals surface area contributed by atoms with E-state index in [0.29, 0.717) is 19.7 Å². The molecular formula is C14H30N4O2. The van der Waals surface area contributed by atoms with Crippen LogP contribution in [0.25, 0.3) is 0 Å². The Hall–Kier alpha value is -1.30. The Balaban J connectivity index is 4.47. The van der Waals surface area contributed by atoms with Gasteiger partial charge in [-0.05, 0) is 27.2 Å². The van der Waals surface area contributed by atoms with Gasteiger partial charge in [0.2, 0.25) is 5.91 Å². The zero-order valence-corrected chi connectivity index (χ0v) is 13.6. The monoisotopic (exact) mass is 286 g/mol. The second-order valence-electron chi connectivity index (χ2n) is 4.50. The van der Waals surface area contributed by atoms with Gasteiger partial charge in [0, 0.05) is 46.9 Å². The van der Waals surface area contributed by atoms with Crippen LogP contribution in [0.1, 0.15) is 27.2 Å². The topological polar surface area (TPSA) is 57.2 Å². The lowest BCUT2D eigenvalue weighted by molar-refractivity contribution is -0.131. The Bertz CT molecular complexity index is 291. The molecule has 1 amide bonds. The summed E-state index contributed by atoms with van der Waals surface area (Å²) in [6.07, 6.45) is 0.878. The van der Waals surface area contributed by atoms with Crippen molar-refractivity contribution in [2.24, 2.45) is 4.99 Å². The second-order valence-corrected chi connectivity index (χ2v) is 4.50. The third-order valence-corrected chi connectivity index (χ3v) is 2.95. The maximum Gasteiger partial charge on any atom is 0.242 e. The van der Waals surface area contributed by atoms with Gasteiger partial charge in [0.05, 0.1) is 6.54 Å². The molecular weight excluding hydrogens is 256 g/mol. The number of ether oxygens (including phenoxy) is 1. The van der Waals surface area contributed by atoms with E-state index < -0.39 is 0 Å². The van der Waals surface area contributed by atoms with Crippen LogP contribution in [0.5, 0.6) is 0 Å². The van der Waals surface area contributed by atoms with E-state index in [2.05, 4.69) is 10.3 Å². The molecule has 0 atom stereocenters. The number of carbonyl (C=O) groups is 1. The summed E-state index contributed by atoms with van der Waals surface area (Å²) in [5.74, 6) is 0.893. The summed E-state index contributed by atoms with van der Waals surface area (Å²) in [6.45, 7) is 10.0. The molecule has 0 rings (SSSR count). The largest absolute Gasteiger partial charge is 0.385 e. The van der Waals surface area contributed by atoms with Crippen LogP contribution in [0.2, 0.25) is 0 Å². The lowest BCUT2D eigenvalue weighted by atomic mass is 10.4. The molecule has 0 unspecified atom stereocenters. The maximum atomic E-state index is 12.1. The number of likely N-dealkylation sites (N-methyl/N-ethyl adjacent to an activating group) is 2. The highest BCUT2D eigenvalue weighted by molar-refractivity contribution is 5.86. The molecule has 6 nitrogen and oxygen atoms in total. The van der Waals surface area contributed by atoms with Crippen molar-refractivity contribution in [3.8, 4) is 0 Å². The van der Waals surface area contributed by atoms with E-state index in [1.165, 1.54) is 0 Å². The molecule has 6 heteroatoms. The molecule has 20 heavy (non-hydrogen) atoms. The number of carbonyl (C=O) groups excluding carboxylic acids is 1. The molecule has 0 aromatic heterocycles. The van der Waals surface area contributed by atoms with Crippen LogP contribution in [0.3, 0.4) is 0 Å². The summed E-state index contributed by atoms with van der Waals surface area (Å²) in [4.78, 5) is 20.3. The van der Waals surface area contributed by atoms with Gasteiger partial charge in [0.15, 0.2) is 5.96 Å². The highest BCUT2D eigenvalue weighted by Gasteiger charge is 2.14. The molecule has 0 saturated heterocycles. The summed E-state index contributed by atoms with van der Waals surface area (Å²) in [5.41, 5.74) is 0. The van der Waals surface area contributed by atoms with E-state index in [1.807, 2.05) is 37.6 Å². The zero-order chi connectivity index (χ0) is 15.4. The van der Waals surface area contributed by atoms with Crippen molar-refractivity contribution in [1.82, 2.24) is 15.1 Å². The van der Waals surface area contributed by atoms with Crippen LogP contribution in [-0.2, 0) is 9.53 Å². The molecule has 118 valence electrons. The molecule has 0 heterocycles. The molecule has 0 fully saturated rings. The molecule has 1 N–H and O–H groups in total. The molecule has 0 aromatic rings. The molecule has 0 saturated carbocycles. The zero-order valence-electron chi connectivity index (χ0n) is 13.6. The SMILES string of the molecule is CCNC(=NCCCOC)N(C)CC(=O)N(CC)CC. The summed E-state index contributed by atoms with van der Waals surface area (Å²) >= 11 is 0. The molecule has 0 aliphatic heterocycles. The third kappa shape index (κ3) is 7.33. The number of hydrogen-bond acceptors (Lipinski definition) is 3. The van der Waals surface area contributed by atoms with Crippen molar-refractivity contribution in [3.05, 3.63) is 0 Å². The van der Waals surface area contributed by atoms with Gasteiger partial charge in [-0.1, -0.05) is 0 Å². The van der Waals surface area contributed by atoms with Crippen molar-refractivity contribution >= 4 is 11.9 Å². The highest BCUT2D eigenvalue weighted by atomic mass is 16.5. The number of guanidine groups is 1. The van der Waals surface area contributed by atoms with Crippen molar-refractivity contribution in [1.29, 1.82) is 0 Å². The van der Waals surface area contributed by atoms with Crippen molar-refractivity contribution in [3.63, 3.8) is 0 Å². The predicted molar refractivity (Wildman–Crippen MR) is 83.0 cm³/mol. The van der Waals surface area contributed by atoms with E-state index in [-0.39, 0.29) is 5.91 Å². The van der Waals surface area contributed by atoms with E-state index in [4.69, 9.17) is 4.74 Å². The summed E-state index contributed by atoms with van der Waals surface area (Å²) in [5, 5.41) is 3.20. The van der Waals surface area contributed by atoms with Crippen LogP contribution < -0.4 is 5.32 Å². The number of aliphatic imine (C=N–C) groups is 1. The maximum absolute atomic E-state index is 12.1. The van der Waals surface area contributed by atoms with Gasteiger partial charge >= 0.3 is 0 Å². The summed E-state index contributed by atoms with van der Waals surface area (Å²) in [6, 6.07) is 0. The first kappa shape index (κ1) is 18.7. The highest BCUT2D eigenvalue weighted by Crippen LogP contribution is 1.94. The minimum absolute atomic E-state index is 0.125. The van der Waals surface area contributed by atoms with Crippen LogP contribution >= 0.6 is 0 Å². The first-order valence-corrected chi connectivity index (χ1v) is 7.36. The number of nitrogens with zero attached hydrogens (tertiary/aromatic N) is 3. The standard InChI is InChI=1S/C14H30N4O2/c1-6-15-14(16-10-9-11-20-5)17(4)12-13(19)18(7-2)8-3/h6-12H2,1-5H3,(H,15,16). The number of methoxy groups -OCH3 is 1. The molecule has 0 radical (unpaired) electrons. The van der Waals surface area contributed by atoms with Crippen LogP contribution in [0, 0.1) is 0 Å². The van der Waals surface area contributed by atoms with E-state index in [9.17, 15) is 4.79 Å². The number of nitrogens with one attached hydrogen (secondary N) is 1. The third-order valence-electron chi connectivity index (χ3n) is 2.95. The second kappa shape index (κ2) is 11.5. The average Bonchev–Trinajstić information content (AvgIpc) is 2.43. The Morgan fingerprint density at radius 1 is 1.25 bits per heavy atom. The fourth-order valence-electron chi connectivity index (χ4n) is 1.82. The smallest absolute Gasteiger partial charge is 0.242 e. The summed E-state index contributed by atoms with van der Waals surface area (Å²) < 4.78 is 5.01. The molecule has 0 aliphatic carbocycles. The Morgan fingerprint density at radius 3 is 2.40 bits per heavy atom. The molecule has 0 aromatic carbocycles. The van der Waals surface area contributed by atoms with Crippen LogP contribution in [0.4, 0.5) is 0 Å². The fraction of sp³-hybridized carbons (Fsp3) is 0.857. The first-order chi connectivity index (χ1) is 9.60. The van der Waals surface area contributed by atoms with Gasteiger partial charge < -0.3 is 19.9 Å². The van der Waals surface area contributed by atoms with Gasteiger partial charge in [-0.25, -0.2) is 0 Å². The first-order valence-electron chi connectivity index (χ1n) is 7.36. The van der Waals surface area contributed by atoms with Crippen molar-refractivity contribution < 1.29 is 9.53 Å². The molecule has 0 spiro atoms. The lowest BCUT2D eigenvalue weighted by Gasteiger charge is -2.25. The van der Waals surface area contributed by atoms with E-state index in [0.717, 1.165) is 32.0 Å². The fourth-order valence-corrected chi connectivity index (χ4v) is 1.82. The predicted octanol–water partition coefficient (Wildman–Crippen LogP) is 0.789. The van der Waals surface area contributed by atoms with Crippen LogP contribution in [-0.4, -0.2) is 75.2 Å². The van der Waals surface area contributed by atoms with Crippen molar-refractivity contribution in [2.45, 2.75) is 27.2 Å². The number of hydrogen-bond donors (Lipinski definition) is 1. The number of amides is 1. The Labute approximate surface area is 123 Å². The molecule has 0 aliphatic rings. The molecule has 0 bridgehead atoms. The summed E-state index contributed by atoms with van der Waals surface area (Å²) in [7, 11) is 3.57. The Morgan fingerprint density at radius 2 is 1.90 bits per heavy atom. The average molecular weight is 286 g/mol. The van der Waals surface area contributed by atoms with Crippen LogP contribution in [0.15, 0.2) is 4.99 Å². The van der Waals surface area contributed by atoms with Gasteiger partial charge in [0.1, 0.15) is 0 Å². The lowest BCUT2D eigenvalue weighted by Crippen LogP contribution is -2.45. The van der Waals surface area contributed by atoms with E-state index in [1.54, 1.807) is 7.11 Å². The normalized spacial score (nSPS) is 11.3. The number of rotatable bonds is 9. The van der Waals surface area contributed by atoms with Crippen molar-refractivity contribution in [2.75, 3.05) is 53.5 Å².